The predicted octanol–water partition coefficient (Wildman–Crippen LogP) is 7.39. The normalized spacial score (nSPS) is 10.7. The molecule has 0 aliphatic carbocycles. The highest BCUT2D eigenvalue weighted by Gasteiger charge is 2.14. The highest BCUT2D eigenvalue weighted by Crippen LogP contribution is 2.37. The van der Waals surface area contributed by atoms with Gasteiger partial charge in [0.05, 0.1) is 19.9 Å². The molecule has 0 amide bonds. The van der Waals surface area contributed by atoms with Gasteiger partial charge in [0, 0.05) is 34.2 Å². The molecule has 162 valence electrons. The van der Waals surface area contributed by atoms with Crippen molar-refractivity contribution in [1.82, 2.24) is 4.98 Å². The summed E-state index contributed by atoms with van der Waals surface area (Å²) in [5.74, 6) is 1.65. The Bertz CT molecular complexity index is 1310. The summed E-state index contributed by atoms with van der Waals surface area (Å²) in [5.41, 5.74) is 5.20. The van der Waals surface area contributed by atoms with Crippen LogP contribution in [0.1, 0.15) is 0 Å². The molecule has 0 radical (unpaired) electrons. The van der Waals surface area contributed by atoms with Gasteiger partial charge in [0.15, 0.2) is 0 Å². The van der Waals surface area contributed by atoms with E-state index in [4.69, 9.17) is 9.47 Å². The zero-order valence-electron chi connectivity index (χ0n) is 18.6. The van der Waals surface area contributed by atoms with E-state index >= 15 is 0 Å². The maximum Gasteiger partial charge on any atom is 0.119 e. The number of hydrogen-bond donors (Lipinski definition) is 0. The fraction of sp³-hybridized carbons (Fsp3) is 0.0690. The molecule has 4 aromatic carbocycles. The first-order valence-corrected chi connectivity index (χ1v) is 10.8. The minimum absolute atomic E-state index is 0.825. The SMILES string of the molecule is COc1ccc(N(c2ccc(OC)cc2)c2ccc(-c3nccc4ccccc34)cc2)cc1. The molecule has 4 nitrogen and oxygen atoms in total. The molecule has 0 bridgehead atoms. The van der Waals surface area contributed by atoms with Gasteiger partial charge in [-0.2, -0.15) is 0 Å². The molecule has 5 rings (SSSR count). The lowest BCUT2D eigenvalue weighted by Gasteiger charge is -2.26. The van der Waals surface area contributed by atoms with Crippen molar-refractivity contribution in [3.05, 3.63) is 109 Å². The van der Waals surface area contributed by atoms with Crippen molar-refractivity contribution >= 4 is 27.8 Å². The third-order valence-corrected chi connectivity index (χ3v) is 5.73. The average molecular weight is 433 g/mol. The van der Waals surface area contributed by atoms with Crippen molar-refractivity contribution in [2.75, 3.05) is 19.1 Å². The van der Waals surface area contributed by atoms with E-state index in [1.165, 1.54) is 5.39 Å². The number of benzene rings is 4. The Morgan fingerprint density at radius 3 is 1.64 bits per heavy atom. The number of anilines is 3. The smallest absolute Gasteiger partial charge is 0.119 e. The maximum atomic E-state index is 5.35. The van der Waals surface area contributed by atoms with Crippen LogP contribution in [0, 0.1) is 0 Å². The Morgan fingerprint density at radius 1 is 0.576 bits per heavy atom. The van der Waals surface area contributed by atoms with E-state index in [1.54, 1.807) is 14.2 Å². The number of pyridine rings is 1. The lowest BCUT2D eigenvalue weighted by atomic mass is 10.0. The molecule has 0 fully saturated rings. The summed E-state index contributed by atoms with van der Waals surface area (Å²) >= 11 is 0. The van der Waals surface area contributed by atoms with E-state index in [0.29, 0.717) is 0 Å². The van der Waals surface area contributed by atoms with Crippen molar-refractivity contribution in [3.8, 4) is 22.8 Å². The number of methoxy groups -OCH3 is 2. The second kappa shape index (κ2) is 9.05. The van der Waals surface area contributed by atoms with Gasteiger partial charge in [-0.15, -0.1) is 0 Å². The van der Waals surface area contributed by atoms with Crippen molar-refractivity contribution < 1.29 is 9.47 Å². The number of ether oxygens (including phenoxy) is 2. The van der Waals surface area contributed by atoms with Crippen LogP contribution in [0.2, 0.25) is 0 Å². The highest BCUT2D eigenvalue weighted by molar-refractivity contribution is 5.94. The number of rotatable bonds is 6. The highest BCUT2D eigenvalue weighted by atomic mass is 16.5. The van der Waals surface area contributed by atoms with Crippen LogP contribution in [0.15, 0.2) is 109 Å². The van der Waals surface area contributed by atoms with E-state index in [9.17, 15) is 0 Å². The second-order valence-electron chi connectivity index (χ2n) is 7.66. The lowest BCUT2D eigenvalue weighted by molar-refractivity contribution is 0.415. The van der Waals surface area contributed by atoms with E-state index in [2.05, 4.69) is 82.7 Å². The summed E-state index contributed by atoms with van der Waals surface area (Å²) in [7, 11) is 3.35. The average Bonchev–Trinajstić information content (AvgIpc) is 2.90. The summed E-state index contributed by atoms with van der Waals surface area (Å²) < 4.78 is 10.7. The zero-order chi connectivity index (χ0) is 22.6. The Kier molecular flexibility index (Phi) is 5.64. The van der Waals surface area contributed by atoms with Crippen LogP contribution in [0.3, 0.4) is 0 Å². The van der Waals surface area contributed by atoms with E-state index in [0.717, 1.165) is 45.2 Å². The third-order valence-electron chi connectivity index (χ3n) is 5.73. The van der Waals surface area contributed by atoms with Crippen LogP contribution in [-0.2, 0) is 0 Å². The molecular formula is C29H24N2O2. The molecule has 0 unspecified atom stereocenters. The monoisotopic (exact) mass is 432 g/mol. The van der Waals surface area contributed by atoms with Crippen molar-refractivity contribution in [2.24, 2.45) is 0 Å². The number of fused-ring (bicyclic) bond motifs is 1. The molecule has 0 aliphatic heterocycles. The predicted molar refractivity (Wildman–Crippen MR) is 135 cm³/mol. The third kappa shape index (κ3) is 4.11. The molecule has 0 saturated carbocycles. The lowest BCUT2D eigenvalue weighted by Crippen LogP contribution is -2.09. The van der Waals surface area contributed by atoms with Crippen molar-refractivity contribution in [3.63, 3.8) is 0 Å². The van der Waals surface area contributed by atoms with E-state index < -0.39 is 0 Å². The second-order valence-corrected chi connectivity index (χ2v) is 7.66. The Balaban J connectivity index is 1.57. The Morgan fingerprint density at radius 2 is 1.09 bits per heavy atom. The molecular weight excluding hydrogens is 408 g/mol. The molecule has 4 heteroatoms. The zero-order valence-corrected chi connectivity index (χ0v) is 18.6. The van der Waals surface area contributed by atoms with Crippen LogP contribution in [-0.4, -0.2) is 19.2 Å². The molecule has 5 aromatic rings. The van der Waals surface area contributed by atoms with Crippen LogP contribution < -0.4 is 14.4 Å². The van der Waals surface area contributed by atoms with Gasteiger partial charge in [0.25, 0.3) is 0 Å². The van der Waals surface area contributed by atoms with Crippen LogP contribution in [0.5, 0.6) is 11.5 Å². The first kappa shape index (κ1) is 20.6. The molecule has 0 aliphatic rings. The van der Waals surface area contributed by atoms with Gasteiger partial charge in [0.1, 0.15) is 11.5 Å². The number of hydrogen-bond acceptors (Lipinski definition) is 4. The Labute approximate surface area is 193 Å². The molecule has 0 saturated heterocycles. The topological polar surface area (TPSA) is 34.6 Å². The molecule has 0 spiro atoms. The van der Waals surface area contributed by atoms with Crippen LogP contribution in [0.4, 0.5) is 17.1 Å². The molecule has 1 aromatic heterocycles. The van der Waals surface area contributed by atoms with Gasteiger partial charge in [-0.1, -0.05) is 36.4 Å². The summed E-state index contributed by atoms with van der Waals surface area (Å²) in [6, 6.07) is 35.0. The Hall–Kier alpha value is -4.31. The standard InChI is InChI=1S/C29H24N2O2/c1-32-26-15-11-24(12-16-26)31(25-13-17-27(33-2)18-14-25)23-9-7-22(8-10-23)29-28-6-4-3-5-21(28)19-20-30-29/h3-20H,1-2H3. The summed E-state index contributed by atoms with van der Waals surface area (Å²) in [5, 5.41) is 2.33. The van der Waals surface area contributed by atoms with Gasteiger partial charge in [-0.3, -0.25) is 4.98 Å². The summed E-state index contributed by atoms with van der Waals surface area (Å²) in [4.78, 5) is 6.87. The molecule has 0 atom stereocenters. The van der Waals surface area contributed by atoms with Gasteiger partial charge in [0.2, 0.25) is 0 Å². The first-order valence-electron chi connectivity index (χ1n) is 10.8. The molecule has 33 heavy (non-hydrogen) atoms. The number of nitrogens with zero attached hydrogens (tertiary/aromatic N) is 2. The summed E-state index contributed by atoms with van der Waals surface area (Å²) in [6.07, 6.45) is 1.87. The number of aromatic nitrogens is 1. The fourth-order valence-corrected chi connectivity index (χ4v) is 4.03. The minimum Gasteiger partial charge on any atom is -0.497 e. The van der Waals surface area contributed by atoms with E-state index in [-0.39, 0.29) is 0 Å². The van der Waals surface area contributed by atoms with Gasteiger partial charge < -0.3 is 14.4 Å². The maximum absolute atomic E-state index is 5.35. The molecule has 0 N–H and O–H groups in total. The largest absolute Gasteiger partial charge is 0.497 e. The molecule has 1 heterocycles. The summed E-state index contributed by atoms with van der Waals surface area (Å²) in [6.45, 7) is 0. The van der Waals surface area contributed by atoms with Crippen LogP contribution in [0.25, 0.3) is 22.0 Å². The fourth-order valence-electron chi connectivity index (χ4n) is 4.03. The first-order chi connectivity index (χ1) is 16.3. The van der Waals surface area contributed by atoms with Gasteiger partial charge >= 0.3 is 0 Å². The van der Waals surface area contributed by atoms with Gasteiger partial charge in [-0.25, -0.2) is 0 Å². The van der Waals surface area contributed by atoms with E-state index in [1.807, 2.05) is 36.5 Å². The van der Waals surface area contributed by atoms with Gasteiger partial charge in [-0.05, 0) is 72.1 Å². The van der Waals surface area contributed by atoms with Crippen molar-refractivity contribution in [2.45, 2.75) is 0 Å². The van der Waals surface area contributed by atoms with Crippen LogP contribution >= 0.6 is 0 Å². The minimum atomic E-state index is 0.825. The quantitative estimate of drug-likeness (QED) is 0.280. The van der Waals surface area contributed by atoms with Crippen molar-refractivity contribution in [1.29, 1.82) is 0 Å².